The molecule has 0 aliphatic carbocycles. The predicted molar refractivity (Wildman–Crippen MR) is 72.6 cm³/mol. The van der Waals surface area contributed by atoms with Gasteiger partial charge in [0.1, 0.15) is 0 Å². The fraction of sp³-hybridized carbons (Fsp3) is 0.143. The van der Waals surface area contributed by atoms with Crippen LogP contribution in [-0.4, -0.2) is 15.5 Å². The number of hydrogen-bond acceptors (Lipinski definition) is 3. The Morgan fingerprint density at radius 3 is 1.72 bits per heavy atom. The van der Waals surface area contributed by atoms with Crippen molar-refractivity contribution in [3.8, 4) is 0 Å². The Balaban J connectivity index is 2.44. The largest absolute Gasteiger partial charge is 0.388 e. The normalized spacial score (nSPS) is 11.2. The number of hydrogen-bond donors (Lipinski definition) is 1. The molecule has 94 valence electrons. The van der Waals surface area contributed by atoms with Gasteiger partial charge < -0.3 is 5.32 Å². The lowest BCUT2D eigenvalue weighted by atomic mass is 10.2. The number of rotatable bonds is 3. The minimum atomic E-state index is -3.41. The number of sulfone groups is 1. The van der Waals surface area contributed by atoms with Gasteiger partial charge in [-0.1, -0.05) is 17.7 Å². The van der Waals surface area contributed by atoms with E-state index in [0.29, 0.717) is 9.79 Å². The number of anilines is 1. The molecule has 2 rings (SSSR count). The van der Waals surface area contributed by atoms with Crippen molar-refractivity contribution in [2.45, 2.75) is 16.7 Å². The Bertz CT molecular complexity index is 628. The summed E-state index contributed by atoms with van der Waals surface area (Å²) < 4.78 is 24.6. The summed E-state index contributed by atoms with van der Waals surface area (Å²) in [4.78, 5) is 0.635. The second-order valence-corrected chi connectivity index (χ2v) is 6.04. The molecule has 2 aromatic carbocycles. The van der Waals surface area contributed by atoms with Gasteiger partial charge in [0.05, 0.1) is 9.79 Å². The lowest BCUT2D eigenvalue weighted by Crippen LogP contribution is -2.02. The van der Waals surface area contributed by atoms with Crippen molar-refractivity contribution in [3.05, 3.63) is 54.1 Å². The Morgan fingerprint density at radius 1 is 0.833 bits per heavy atom. The van der Waals surface area contributed by atoms with Gasteiger partial charge in [0, 0.05) is 12.7 Å². The molecule has 3 nitrogen and oxygen atoms in total. The van der Waals surface area contributed by atoms with Gasteiger partial charge in [0.25, 0.3) is 0 Å². The topological polar surface area (TPSA) is 46.2 Å². The van der Waals surface area contributed by atoms with E-state index in [4.69, 9.17) is 0 Å². The van der Waals surface area contributed by atoms with Crippen LogP contribution in [0.4, 0.5) is 5.69 Å². The summed E-state index contributed by atoms with van der Waals surface area (Å²) in [5.41, 5.74) is 1.93. The van der Waals surface area contributed by atoms with E-state index in [1.165, 1.54) is 0 Å². The van der Waals surface area contributed by atoms with Gasteiger partial charge in [-0.3, -0.25) is 0 Å². The summed E-state index contributed by atoms with van der Waals surface area (Å²) in [5, 5.41) is 2.96. The van der Waals surface area contributed by atoms with Crippen LogP contribution >= 0.6 is 0 Å². The molecule has 0 radical (unpaired) electrons. The van der Waals surface area contributed by atoms with Crippen molar-refractivity contribution in [3.63, 3.8) is 0 Å². The SMILES string of the molecule is CNc1ccc(S(=O)(=O)c2ccc(C)cc2)cc1. The molecule has 0 amide bonds. The standard InChI is InChI=1S/C14H15NO2S/c1-11-3-7-13(8-4-11)18(16,17)14-9-5-12(15-2)6-10-14/h3-10,15H,1-2H3. The zero-order chi connectivity index (χ0) is 13.2. The van der Waals surface area contributed by atoms with Crippen LogP contribution in [0.25, 0.3) is 0 Å². The fourth-order valence-electron chi connectivity index (χ4n) is 1.65. The van der Waals surface area contributed by atoms with Gasteiger partial charge in [-0.25, -0.2) is 8.42 Å². The van der Waals surface area contributed by atoms with Gasteiger partial charge >= 0.3 is 0 Å². The summed E-state index contributed by atoms with van der Waals surface area (Å²) in [6.07, 6.45) is 0. The molecule has 0 saturated heterocycles. The van der Waals surface area contributed by atoms with Crippen LogP contribution in [0.5, 0.6) is 0 Å². The van der Waals surface area contributed by atoms with Crippen molar-refractivity contribution < 1.29 is 8.42 Å². The van der Waals surface area contributed by atoms with E-state index in [1.54, 1.807) is 55.6 Å². The van der Waals surface area contributed by atoms with E-state index in [2.05, 4.69) is 5.32 Å². The Labute approximate surface area is 107 Å². The molecule has 0 atom stereocenters. The highest BCUT2D eigenvalue weighted by molar-refractivity contribution is 7.91. The molecule has 0 aliphatic rings. The van der Waals surface area contributed by atoms with E-state index in [-0.39, 0.29) is 0 Å². The first-order valence-electron chi connectivity index (χ1n) is 5.63. The smallest absolute Gasteiger partial charge is 0.206 e. The maximum absolute atomic E-state index is 12.3. The second kappa shape index (κ2) is 4.82. The maximum atomic E-state index is 12.3. The highest BCUT2D eigenvalue weighted by Crippen LogP contribution is 2.22. The molecule has 18 heavy (non-hydrogen) atoms. The van der Waals surface area contributed by atoms with Gasteiger partial charge in [-0.05, 0) is 43.3 Å². The molecule has 0 unspecified atom stereocenters. The zero-order valence-electron chi connectivity index (χ0n) is 10.3. The quantitative estimate of drug-likeness (QED) is 0.924. The number of nitrogens with one attached hydrogen (secondary N) is 1. The Kier molecular flexibility index (Phi) is 3.39. The molecular formula is C14H15NO2S. The van der Waals surface area contributed by atoms with Crippen molar-refractivity contribution in [2.24, 2.45) is 0 Å². The van der Waals surface area contributed by atoms with Crippen LogP contribution in [0.1, 0.15) is 5.56 Å². The molecule has 0 aliphatic heterocycles. The summed E-state index contributed by atoms with van der Waals surface area (Å²) in [7, 11) is -1.61. The molecule has 0 bridgehead atoms. The molecule has 4 heteroatoms. The summed E-state index contributed by atoms with van der Waals surface area (Å²) >= 11 is 0. The summed E-state index contributed by atoms with van der Waals surface area (Å²) in [6.45, 7) is 1.93. The molecule has 0 spiro atoms. The lowest BCUT2D eigenvalue weighted by Gasteiger charge is -2.06. The minimum Gasteiger partial charge on any atom is -0.388 e. The maximum Gasteiger partial charge on any atom is 0.206 e. The van der Waals surface area contributed by atoms with Crippen molar-refractivity contribution in [1.29, 1.82) is 0 Å². The predicted octanol–water partition coefficient (Wildman–Crippen LogP) is 2.87. The van der Waals surface area contributed by atoms with E-state index >= 15 is 0 Å². The molecular weight excluding hydrogens is 246 g/mol. The first-order chi connectivity index (χ1) is 8.54. The molecule has 2 aromatic rings. The molecule has 0 heterocycles. The monoisotopic (exact) mass is 261 g/mol. The third-order valence-corrected chi connectivity index (χ3v) is 4.57. The first kappa shape index (κ1) is 12.6. The average Bonchev–Trinajstić information content (AvgIpc) is 2.39. The van der Waals surface area contributed by atoms with Crippen LogP contribution in [0.2, 0.25) is 0 Å². The Hall–Kier alpha value is -1.81. The van der Waals surface area contributed by atoms with Crippen LogP contribution in [0, 0.1) is 6.92 Å². The summed E-state index contributed by atoms with van der Waals surface area (Å²) in [6, 6.07) is 13.6. The van der Waals surface area contributed by atoms with Gasteiger partial charge in [0.2, 0.25) is 9.84 Å². The average molecular weight is 261 g/mol. The summed E-state index contributed by atoms with van der Waals surface area (Å²) in [5.74, 6) is 0. The van der Waals surface area contributed by atoms with Gasteiger partial charge in [-0.15, -0.1) is 0 Å². The van der Waals surface area contributed by atoms with Crippen molar-refractivity contribution in [1.82, 2.24) is 0 Å². The van der Waals surface area contributed by atoms with E-state index < -0.39 is 9.84 Å². The molecule has 0 aromatic heterocycles. The zero-order valence-corrected chi connectivity index (χ0v) is 11.2. The van der Waals surface area contributed by atoms with E-state index in [9.17, 15) is 8.42 Å². The van der Waals surface area contributed by atoms with Crippen molar-refractivity contribution >= 4 is 15.5 Å². The third-order valence-electron chi connectivity index (χ3n) is 2.78. The van der Waals surface area contributed by atoms with Gasteiger partial charge in [0.15, 0.2) is 0 Å². The van der Waals surface area contributed by atoms with Crippen LogP contribution < -0.4 is 5.32 Å². The molecule has 0 saturated carbocycles. The van der Waals surface area contributed by atoms with Crippen molar-refractivity contribution in [2.75, 3.05) is 12.4 Å². The first-order valence-corrected chi connectivity index (χ1v) is 7.12. The fourth-order valence-corrected chi connectivity index (χ4v) is 2.92. The lowest BCUT2D eigenvalue weighted by molar-refractivity contribution is 0.596. The number of benzene rings is 2. The minimum absolute atomic E-state index is 0.311. The van der Waals surface area contributed by atoms with E-state index in [1.807, 2.05) is 6.92 Å². The van der Waals surface area contributed by atoms with Gasteiger partial charge in [-0.2, -0.15) is 0 Å². The number of aryl methyl sites for hydroxylation is 1. The highest BCUT2D eigenvalue weighted by atomic mass is 32.2. The molecule has 1 N–H and O–H groups in total. The van der Waals surface area contributed by atoms with E-state index in [0.717, 1.165) is 11.3 Å². The van der Waals surface area contributed by atoms with Crippen LogP contribution in [0.15, 0.2) is 58.3 Å². The molecule has 0 fully saturated rings. The third kappa shape index (κ3) is 2.38. The second-order valence-electron chi connectivity index (χ2n) is 4.09. The Morgan fingerprint density at radius 2 is 1.28 bits per heavy atom. The van der Waals surface area contributed by atoms with Crippen LogP contribution in [-0.2, 0) is 9.84 Å². The van der Waals surface area contributed by atoms with Crippen LogP contribution in [0.3, 0.4) is 0 Å². The highest BCUT2D eigenvalue weighted by Gasteiger charge is 2.16.